The summed E-state index contributed by atoms with van der Waals surface area (Å²) in [6.45, 7) is 3.63. The molecule has 1 aromatic carbocycles. The lowest BCUT2D eigenvalue weighted by atomic mass is 9.92. The number of ether oxygens (including phenoxy) is 1. The Bertz CT molecular complexity index is 755. The van der Waals surface area contributed by atoms with Crippen LogP contribution >= 0.6 is 0 Å². The summed E-state index contributed by atoms with van der Waals surface area (Å²) < 4.78 is 5.37. The molecule has 1 spiro atoms. The molecule has 4 rings (SSSR count). The summed E-state index contributed by atoms with van der Waals surface area (Å²) in [7, 11) is 0. The van der Waals surface area contributed by atoms with Crippen molar-refractivity contribution in [3.05, 3.63) is 24.3 Å². The molecule has 0 aliphatic carbocycles. The van der Waals surface area contributed by atoms with E-state index in [2.05, 4.69) is 10.6 Å². The summed E-state index contributed by atoms with van der Waals surface area (Å²) in [6.07, 6.45) is 2.35. The number of piperidine rings is 1. The third-order valence-electron chi connectivity index (χ3n) is 5.71. The number of rotatable bonds is 2. The molecule has 0 saturated carbocycles. The molecule has 0 bridgehead atoms. The van der Waals surface area contributed by atoms with Gasteiger partial charge in [0.25, 0.3) is 0 Å². The SMILES string of the molecule is C[C@@H]1CCC(=O)N1c1ccc(NC(=O)N2CCC3(CC2)CNC(=O)O3)cc1. The lowest BCUT2D eigenvalue weighted by Crippen LogP contribution is -2.49. The van der Waals surface area contributed by atoms with Crippen molar-refractivity contribution in [2.45, 2.75) is 44.2 Å². The molecule has 8 heteroatoms. The van der Waals surface area contributed by atoms with Gasteiger partial charge in [-0.25, -0.2) is 9.59 Å². The number of alkyl carbamates (subject to hydrolysis) is 1. The molecule has 3 heterocycles. The van der Waals surface area contributed by atoms with E-state index in [0.29, 0.717) is 44.6 Å². The number of benzene rings is 1. The molecule has 3 aliphatic rings. The van der Waals surface area contributed by atoms with Crippen LogP contribution in [0.15, 0.2) is 24.3 Å². The fourth-order valence-electron chi connectivity index (χ4n) is 4.03. The highest BCUT2D eigenvalue weighted by Gasteiger charge is 2.43. The Kier molecular flexibility index (Phi) is 4.41. The summed E-state index contributed by atoms with van der Waals surface area (Å²) in [4.78, 5) is 39.3. The second-order valence-corrected chi connectivity index (χ2v) is 7.54. The monoisotopic (exact) mass is 372 g/mol. The van der Waals surface area contributed by atoms with Crippen LogP contribution < -0.4 is 15.5 Å². The van der Waals surface area contributed by atoms with Gasteiger partial charge in [0.15, 0.2) is 0 Å². The lowest BCUT2D eigenvalue weighted by molar-refractivity contribution is -0.117. The van der Waals surface area contributed by atoms with Gasteiger partial charge in [-0.2, -0.15) is 0 Å². The number of anilines is 2. The van der Waals surface area contributed by atoms with E-state index in [0.717, 1.165) is 12.1 Å². The highest BCUT2D eigenvalue weighted by atomic mass is 16.6. The van der Waals surface area contributed by atoms with E-state index in [1.165, 1.54) is 0 Å². The summed E-state index contributed by atoms with van der Waals surface area (Å²) in [5, 5.41) is 5.59. The number of hydrogen-bond donors (Lipinski definition) is 2. The van der Waals surface area contributed by atoms with Crippen molar-refractivity contribution in [3.63, 3.8) is 0 Å². The van der Waals surface area contributed by atoms with E-state index in [9.17, 15) is 14.4 Å². The number of likely N-dealkylation sites (tertiary alicyclic amines) is 1. The average molecular weight is 372 g/mol. The average Bonchev–Trinajstić information content (AvgIpc) is 3.18. The van der Waals surface area contributed by atoms with E-state index in [4.69, 9.17) is 4.74 Å². The Morgan fingerprint density at radius 3 is 2.48 bits per heavy atom. The van der Waals surface area contributed by atoms with Crippen molar-refractivity contribution in [3.8, 4) is 0 Å². The molecule has 3 fully saturated rings. The molecule has 3 saturated heterocycles. The maximum Gasteiger partial charge on any atom is 0.407 e. The van der Waals surface area contributed by atoms with E-state index in [-0.39, 0.29) is 24.1 Å². The van der Waals surface area contributed by atoms with Crippen molar-refractivity contribution < 1.29 is 19.1 Å². The van der Waals surface area contributed by atoms with Crippen LogP contribution in [0.3, 0.4) is 0 Å². The van der Waals surface area contributed by atoms with Gasteiger partial charge in [0, 0.05) is 49.8 Å². The van der Waals surface area contributed by atoms with Crippen molar-refractivity contribution in [2.75, 3.05) is 29.9 Å². The molecule has 1 aromatic rings. The van der Waals surface area contributed by atoms with Crippen LogP contribution in [0.4, 0.5) is 21.0 Å². The smallest absolute Gasteiger partial charge is 0.407 e. The Morgan fingerprint density at radius 2 is 1.93 bits per heavy atom. The van der Waals surface area contributed by atoms with Crippen molar-refractivity contribution in [1.29, 1.82) is 0 Å². The number of nitrogens with one attached hydrogen (secondary N) is 2. The van der Waals surface area contributed by atoms with Gasteiger partial charge in [-0.15, -0.1) is 0 Å². The molecule has 4 amide bonds. The van der Waals surface area contributed by atoms with Crippen molar-refractivity contribution in [1.82, 2.24) is 10.2 Å². The zero-order valence-electron chi connectivity index (χ0n) is 15.4. The normalized spacial score (nSPS) is 24.1. The highest BCUT2D eigenvalue weighted by Crippen LogP contribution is 2.30. The number of urea groups is 1. The van der Waals surface area contributed by atoms with Crippen LogP contribution in [0.2, 0.25) is 0 Å². The first kappa shape index (κ1) is 17.6. The first-order chi connectivity index (χ1) is 13.0. The molecule has 0 aromatic heterocycles. The molecule has 3 aliphatic heterocycles. The van der Waals surface area contributed by atoms with Crippen LogP contribution in [-0.4, -0.2) is 54.2 Å². The highest BCUT2D eigenvalue weighted by molar-refractivity contribution is 5.96. The Hall–Kier alpha value is -2.77. The summed E-state index contributed by atoms with van der Waals surface area (Å²) in [6, 6.07) is 7.41. The minimum Gasteiger partial charge on any atom is -0.441 e. The van der Waals surface area contributed by atoms with Crippen LogP contribution in [0.1, 0.15) is 32.6 Å². The topological polar surface area (TPSA) is 91.0 Å². The van der Waals surface area contributed by atoms with Gasteiger partial charge >= 0.3 is 12.1 Å². The maximum absolute atomic E-state index is 12.5. The molecule has 27 heavy (non-hydrogen) atoms. The first-order valence-corrected chi connectivity index (χ1v) is 9.41. The largest absolute Gasteiger partial charge is 0.441 e. The molecule has 1 atom stereocenters. The summed E-state index contributed by atoms with van der Waals surface area (Å²) in [5.41, 5.74) is 1.09. The predicted octanol–water partition coefficient (Wildman–Crippen LogP) is 2.31. The fraction of sp³-hybridized carbons (Fsp3) is 0.526. The van der Waals surface area contributed by atoms with Crippen molar-refractivity contribution >= 4 is 29.4 Å². The molecular formula is C19H24N4O4. The Labute approximate surface area is 157 Å². The standard InChI is InChI=1S/C19H24N4O4/c1-13-2-7-16(24)23(13)15-5-3-14(4-6-15)21-17(25)22-10-8-19(9-11-22)12-20-18(26)27-19/h3-6,13H,2,7-12H2,1H3,(H,20,26)(H,21,25)/t13-/m1/s1. The van der Waals surface area contributed by atoms with E-state index in [1.54, 1.807) is 4.90 Å². The van der Waals surface area contributed by atoms with Gasteiger partial charge in [0.1, 0.15) is 5.60 Å². The quantitative estimate of drug-likeness (QED) is 0.833. The van der Waals surface area contributed by atoms with Gasteiger partial charge in [-0.3, -0.25) is 4.79 Å². The predicted molar refractivity (Wildman–Crippen MR) is 99.7 cm³/mol. The second kappa shape index (κ2) is 6.75. The van der Waals surface area contributed by atoms with Gasteiger partial charge in [-0.05, 0) is 37.6 Å². The third kappa shape index (κ3) is 3.43. The van der Waals surface area contributed by atoms with Gasteiger partial charge in [0.2, 0.25) is 5.91 Å². The Balaban J connectivity index is 1.33. The zero-order chi connectivity index (χ0) is 19.0. The molecule has 144 valence electrons. The number of amides is 4. The van der Waals surface area contributed by atoms with Crippen molar-refractivity contribution in [2.24, 2.45) is 0 Å². The molecular weight excluding hydrogens is 348 g/mol. The molecule has 0 radical (unpaired) electrons. The van der Waals surface area contributed by atoms with E-state index < -0.39 is 5.60 Å². The molecule has 0 unspecified atom stereocenters. The number of carbonyl (C=O) groups is 3. The molecule has 8 nitrogen and oxygen atoms in total. The van der Waals surface area contributed by atoms with Crippen LogP contribution in [0.5, 0.6) is 0 Å². The number of nitrogens with zero attached hydrogens (tertiary/aromatic N) is 2. The fourth-order valence-corrected chi connectivity index (χ4v) is 4.03. The minimum atomic E-state index is -0.464. The van der Waals surface area contributed by atoms with Crippen LogP contribution in [0.25, 0.3) is 0 Å². The van der Waals surface area contributed by atoms with Crippen LogP contribution in [0, 0.1) is 0 Å². The molecule has 2 N–H and O–H groups in total. The first-order valence-electron chi connectivity index (χ1n) is 9.41. The lowest BCUT2D eigenvalue weighted by Gasteiger charge is -2.37. The maximum atomic E-state index is 12.5. The Morgan fingerprint density at radius 1 is 1.22 bits per heavy atom. The van der Waals surface area contributed by atoms with Gasteiger partial charge in [0.05, 0.1) is 6.54 Å². The summed E-state index contributed by atoms with van der Waals surface area (Å²) in [5.74, 6) is 0.142. The third-order valence-corrected chi connectivity index (χ3v) is 5.71. The second-order valence-electron chi connectivity index (χ2n) is 7.54. The number of hydrogen-bond acceptors (Lipinski definition) is 4. The zero-order valence-corrected chi connectivity index (χ0v) is 15.4. The van der Waals surface area contributed by atoms with E-state index in [1.807, 2.05) is 36.1 Å². The van der Waals surface area contributed by atoms with Gasteiger partial charge < -0.3 is 25.2 Å². The van der Waals surface area contributed by atoms with Crippen LogP contribution in [-0.2, 0) is 9.53 Å². The minimum absolute atomic E-state index is 0.142. The van der Waals surface area contributed by atoms with E-state index >= 15 is 0 Å². The number of carbonyl (C=O) groups excluding carboxylic acids is 3. The van der Waals surface area contributed by atoms with Gasteiger partial charge in [-0.1, -0.05) is 0 Å². The summed E-state index contributed by atoms with van der Waals surface area (Å²) >= 11 is 0.